The third kappa shape index (κ3) is 2.84. The Morgan fingerprint density at radius 2 is 1.85 bits per heavy atom. The van der Waals surface area contributed by atoms with Crippen molar-refractivity contribution in [3.05, 3.63) is 0 Å². The van der Waals surface area contributed by atoms with E-state index in [2.05, 4.69) is 10.2 Å². The second-order valence-corrected chi connectivity index (χ2v) is 6.68. The van der Waals surface area contributed by atoms with E-state index in [1.165, 1.54) is 38.5 Å². The Labute approximate surface area is 121 Å². The molecular formula is C16H26N2O2. The van der Waals surface area contributed by atoms with Gasteiger partial charge in [-0.3, -0.25) is 9.59 Å². The summed E-state index contributed by atoms with van der Waals surface area (Å²) >= 11 is 0. The van der Waals surface area contributed by atoms with E-state index in [-0.39, 0.29) is 11.8 Å². The molecule has 2 saturated heterocycles. The van der Waals surface area contributed by atoms with Gasteiger partial charge in [0.2, 0.25) is 11.8 Å². The third-order valence-corrected chi connectivity index (χ3v) is 5.39. The fourth-order valence-corrected chi connectivity index (χ4v) is 4.25. The molecule has 3 fully saturated rings. The highest BCUT2D eigenvalue weighted by Gasteiger charge is 2.38. The summed E-state index contributed by atoms with van der Waals surface area (Å²) < 4.78 is 0. The van der Waals surface area contributed by atoms with Crippen molar-refractivity contribution in [2.45, 2.75) is 63.8 Å². The maximum atomic E-state index is 12.7. The summed E-state index contributed by atoms with van der Waals surface area (Å²) in [6, 6.07) is 0.487. The highest BCUT2D eigenvalue weighted by Crippen LogP contribution is 2.35. The van der Waals surface area contributed by atoms with Crippen LogP contribution in [0.4, 0.5) is 0 Å². The first-order valence-electron chi connectivity index (χ1n) is 8.33. The van der Waals surface area contributed by atoms with Gasteiger partial charge in [-0.05, 0) is 38.0 Å². The van der Waals surface area contributed by atoms with E-state index in [9.17, 15) is 9.59 Å². The van der Waals surface area contributed by atoms with Crippen LogP contribution >= 0.6 is 0 Å². The molecule has 0 aromatic rings. The topological polar surface area (TPSA) is 49.4 Å². The van der Waals surface area contributed by atoms with Gasteiger partial charge < -0.3 is 10.2 Å². The number of carbonyl (C=O) groups is 2. The van der Waals surface area contributed by atoms with Gasteiger partial charge in [-0.1, -0.05) is 19.3 Å². The predicted octanol–water partition coefficient (Wildman–Crippen LogP) is 2.08. The smallest absolute Gasteiger partial charge is 0.227 e. The fraction of sp³-hybridized carbons (Fsp3) is 0.875. The van der Waals surface area contributed by atoms with Gasteiger partial charge in [-0.25, -0.2) is 0 Å². The minimum atomic E-state index is 0.0249. The number of likely N-dealkylation sites (tertiary alicyclic amines) is 1. The molecule has 3 aliphatic rings. The summed E-state index contributed by atoms with van der Waals surface area (Å²) in [6.07, 6.45) is 10.2. The van der Waals surface area contributed by atoms with Crippen LogP contribution in [0.5, 0.6) is 0 Å². The quantitative estimate of drug-likeness (QED) is 0.841. The molecule has 1 aliphatic carbocycles. The molecule has 0 aromatic carbocycles. The van der Waals surface area contributed by atoms with E-state index in [1.807, 2.05) is 0 Å². The highest BCUT2D eigenvalue weighted by molar-refractivity contribution is 5.84. The van der Waals surface area contributed by atoms with Gasteiger partial charge in [0.1, 0.15) is 0 Å². The summed E-state index contributed by atoms with van der Waals surface area (Å²) in [5.41, 5.74) is 0. The Kier molecular flexibility index (Phi) is 4.27. The van der Waals surface area contributed by atoms with Crippen LogP contribution in [0.25, 0.3) is 0 Å². The molecule has 2 atom stereocenters. The molecule has 0 bridgehead atoms. The fourth-order valence-electron chi connectivity index (χ4n) is 4.25. The van der Waals surface area contributed by atoms with Gasteiger partial charge in [-0.15, -0.1) is 0 Å². The molecule has 0 radical (unpaired) electrons. The van der Waals surface area contributed by atoms with E-state index in [1.54, 1.807) is 0 Å². The van der Waals surface area contributed by atoms with Crippen LogP contribution in [0.3, 0.4) is 0 Å². The molecule has 4 nitrogen and oxygen atoms in total. The van der Waals surface area contributed by atoms with Crippen LogP contribution < -0.4 is 5.32 Å². The van der Waals surface area contributed by atoms with Crippen molar-refractivity contribution in [1.29, 1.82) is 0 Å². The first-order chi connectivity index (χ1) is 9.75. The number of rotatable bonds is 2. The lowest BCUT2D eigenvalue weighted by Crippen LogP contribution is -2.48. The van der Waals surface area contributed by atoms with Crippen molar-refractivity contribution in [2.75, 3.05) is 13.1 Å². The number of hydrogen-bond donors (Lipinski definition) is 1. The van der Waals surface area contributed by atoms with Crippen molar-refractivity contribution in [1.82, 2.24) is 10.2 Å². The zero-order chi connectivity index (χ0) is 13.9. The molecule has 20 heavy (non-hydrogen) atoms. The molecule has 1 N–H and O–H groups in total. The maximum absolute atomic E-state index is 12.7. The maximum Gasteiger partial charge on any atom is 0.227 e. The number of hydrogen-bond acceptors (Lipinski definition) is 2. The van der Waals surface area contributed by atoms with Gasteiger partial charge in [0.05, 0.1) is 5.92 Å². The van der Waals surface area contributed by atoms with Gasteiger partial charge in [0, 0.05) is 25.6 Å². The van der Waals surface area contributed by atoms with Crippen molar-refractivity contribution in [3.8, 4) is 0 Å². The number of piperidine rings is 1. The van der Waals surface area contributed by atoms with Crippen molar-refractivity contribution in [3.63, 3.8) is 0 Å². The van der Waals surface area contributed by atoms with Gasteiger partial charge in [0.25, 0.3) is 0 Å². The van der Waals surface area contributed by atoms with E-state index in [0.717, 1.165) is 25.3 Å². The zero-order valence-corrected chi connectivity index (χ0v) is 12.3. The van der Waals surface area contributed by atoms with Crippen LogP contribution in [-0.4, -0.2) is 35.8 Å². The molecule has 2 heterocycles. The van der Waals surface area contributed by atoms with E-state index in [4.69, 9.17) is 0 Å². The first-order valence-corrected chi connectivity index (χ1v) is 8.33. The summed E-state index contributed by atoms with van der Waals surface area (Å²) in [5, 5.41) is 2.84. The molecular weight excluding hydrogens is 252 g/mol. The Morgan fingerprint density at radius 3 is 2.55 bits per heavy atom. The Hall–Kier alpha value is -1.06. The molecule has 2 amide bonds. The second-order valence-electron chi connectivity index (χ2n) is 6.68. The SMILES string of the molecule is O=C1CC[C@@H](C(=O)N2CCC[C@H]2C2CCCCC2)CN1. The molecule has 0 spiro atoms. The van der Waals surface area contributed by atoms with E-state index in [0.29, 0.717) is 24.9 Å². The van der Waals surface area contributed by atoms with Gasteiger partial charge >= 0.3 is 0 Å². The largest absolute Gasteiger partial charge is 0.355 e. The van der Waals surface area contributed by atoms with Gasteiger partial charge in [0.15, 0.2) is 0 Å². The lowest BCUT2D eigenvalue weighted by atomic mass is 9.82. The molecule has 4 heteroatoms. The van der Waals surface area contributed by atoms with Crippen molar-refractivity contribution >= 4 is 11.8 Å². The minimum Gasteiger partial charge on any atom is -0.355 e. The summed E-state index contributed by atoms with van der Waals surface area (Å²) in [6.45, 7) is 1.48. The normalized spacial score (nSPS) is 32.2. The monoisotopic (exact) mass is 278 g/mol. The highest BCUT2D eigenvalue weighted by atomic mass is 16.2. The minimum absolute atomic E-state index is 0.0249. The van der Waals surface area contributed by atoms with Crippen LogP contribution in [-0.2, 0) is 9.59 Å². The average molecular weight is 278 g/mol. The van der Waals surface area contributed by atoms with Crippen LogP contribution in [0.2, 0.25) is 0 Å². The van der Waals surface area contributed by atoms with E-state index >= 15 is 0 Å². The van der Waals surface area contributed by atoms with Crippen molar-refractivity contribution in [2.24, 2.45) is 11.8 Å². The summed E-state index contributed by atoms with van der Waals surface area (Å²) in [7, 11) is 0. The second kappa shape index (κ2) is 6.15. The Balaban J connectivity index is 1.62. The zero-order valence-electron chi connectivity index (χ0n) is 12.3. The predicted molar refractivity (Wildman–Crippen MR) is 77.0 cm³/mol. The number of nitrogens with one attached hydrogen (secondary N) is 1. The standard InChI is InChI=1S/C16H26N2O2/c19-15-9-8-13(11-17-15)16(20)18-10-4-7-14(18)12-5-2-1-3-6-12/h12-14H,1-11H2,(H,17,19)/t13-,14+/m1/s1. The number of amides is 2. The van der Waals surface area contributed by atoms with Gasteiger partial charge in [-0.2, -0.15) is 0 Å². The van der Waals surface area contributed by atoms with E-state index < -0.39 is 0 Å². The van der Waals surface area contributed by atoms with Crippen LogP contribution in [0.15, 0.2) is 0 Å². The number of carbonyl (C=O) groups excluding carboxylic acids is 2. The molecule has 112 valence electrons. The Bertz CT molecular complexity index is 367. The molecule has 2 aliphatic heterocycles. The average Bonchev–Trinajstić information content (AvgIpc) is 2.97. The lowest BCUT2D eigenvalue weighted by Gasteiger charge is -2.36. The molecule has 1 saturated carbocycles. The molecule has 3 rings (SSSR count). The number of nitrogens with zero attached hydrogens (tertiary/aromatic N) is 1. The molecule has 0 unspecified atom stereocenters. The van der Waals surface area contributed by atoms with Crippen LogP contribution in [0, 0.1) is 11.8 Å². The lowest BCUT2D eigenvalue weighted by molar-refractivity contribution is -0.139. The summed E-state index contributed by atoms with van der Waals surface area (Å²) in [5.74, 6) is 1.16. The third-order valence-electron chi connectivity index (χ3n) is 5.39. The van der Waals surface area contributed by atoms with Crippen molar-refractivity contribution < 1.29 is 9.59 Å². The first kappa shape index (κ1) is 13.9. The summed E-state index contributed by atoms with van der Waals surface area (Å²) in [4.78, 5) is 26.1. The molecule has 0 aromatic heterocycles. The Morgan fingerprint density at radius 1 is 1.05 bits per heavy atom. The van der Waals surface area contributed by atoms with Crippen LogP contribution in [0.1, 0.15) is 57.8 Å².